The van der Waals surface area contributed by atoms with E-state index in [0.29, 0.717) is 18.3 Å². The van der Waals surface area contributed by atoms with Crippen molar-refractivity contribution in [3.05, 3.63) is 65.2 Å². The molecule has 170 valence electrons. The third-order valence-corrected chi connectivity index (χ3v) is 10.5. The Morgan fingerprint density at radius 3 is 2.19 bits per heavy atom. The van der Waals surface area contributed by atoms with Crippen LogP contribution in [0.3, 0.4) is 0 Å². The largest absolute Gasteiger partial charge is 0.488 e. The van der Waals surface area contributed by atoms with Crippen molar-refractivity contribution in [1.29, 1.82) is 0 Å². The average molecular weight is 443 g/mol. The first-order chi connectivity index (χ1) is 14.4. The second-order valence-corrected chi connectivity index (χ2v) is 15.0. The van der Waals surface area contributed by atoms with Crippen LogP contribution in [-0.4, -0.2) is 32.1 Å². The maximum absolute atomic E-state index is 11.7. The zero-order valence-electron chi connectivity index (χ0n) is 20.1. The minimum Gasteiger partial charge on any atom is -0.488 e. The van der Waals surface area contributed by atoms with Gasteiger partial charge in [-0.3, -0.25) is 0 Å². The smallest absolute Gasteiger partial charge is 0.335 e. The average Bonchev–Trinajstić information content (AvgIpc) is 2.66. The summed E-state index contributed by atoms with van der Waals surface area (Å²) in [5.41, 5.74) is 2.53. The Bertz CT molecular complexity index is 855. The highest BCUT2D eigenvalue weighted by Gasteiger charge is 2.37. The Morgan fingerprint density at radius 2 is 1.61 bits per heavy atom. The van der Waals surface area contributed by atoms with E-state index in [1.54, 1.807) is 12.1 Å². The molecule has 0 aliphatic heterocycles. The fourth-order valence-corrected chi connectivity index (χ4v) is 4.35. The zero-order valence-corrected chi connectivity index (χ0v) is 21.1. The molecule has 0 bridgehead atoms. The first-order valence-corrected chi connectivity index (χ1v) is 14.0. The Kier molecular flexibility index (Phi) is 8.49. The summed E-state index contributed by atoms with van der Waals surface area (Å²) >= 11 is 0. The third kappa shape index (κ3) is 7.82. The maximum Gasteiger partial charge on any atom is 0.335 e. The molecule has 0 unspecified atom stereocenters. The van der Waals surface area contributed by atoms with Crippen molar-refractivity contribution in [3.63, 3.8) is 0 Å². The summed E-state index contributed by atoms with van der Waals surface area (Å²) in [6.07, 6.45) is 1.58. The summed E-state index contributed by atoms with van der Waals surface area (Å²) in [5, 5.41) is 9.70. The fraction of sp³-hybridized carbons (Fsp3) is 0.500. The number of aromatic carboxylic acids is 1. The van der Waals surface area contributed by atoms with E-state index in [0.717, 1.165) is 18.4 Å². The van der Waals surface area contributed by atoms with Crippen molar-refractivity contribution in [3.8, 4) is 5.75 Å². The number of benzene rings is 2. The van der Waals surface area contributed by atoms with E-state index in [4.69, 9.17) is 9.16 Å². The van der Waals surface area contributed by atoms with Crippen LogP contribution >= 0.6 is 0 Å². The van der Waals surface area contributed by atoms with Crippen LogP contribution in [0.4, 0.5) is 0 Å². The Balaban J connectivity index is 2.07. The lowest BCUT2D eigenvalue weighted by atomic mass is 9.93. The summed E-state index contributed by atoms with van der Waals surface area (Å²) in [5.74, 6) is 0.0411. The van der Waals surface area contributed by atoms with Crippen molar-refractivity contribution < 1.29 is 19.1 Å². The van der Waals surface area contributed by atoms with Gasteiger partial charge in [-0.15, -0.1) is 0 Å². The predicted molar refractivity (Wildman–Crippen MR) is 130 cm³/mol. The van der Waals surface area contributed by atoms with Gasteiger partial charge in [0.05, 0.1) is 12.2 Å². The zero-order chi connectivity index (χ0) is 23.2. The second-order valence-electron chi connectivity index (χ2n) is 10.2. The molecule has 0 fully saturated rings. The Hall–Kier alpha value is -2.11. The topological polar surface area (TPSA) is 55.8 Å². The van der Waals surface area contributed by atoms with Crippen LogP contribution in [0, 0.1) is 5.92 Å². The van der Waals surface area contributed by atoms with Gasteiger partial charge in [0.15, 0.2) is 8.32 Å². The number of ether oxygens (including phenoxy) is 1. The number of carbonyl (C=O) groups is 1. The Morgan fingerprint density at radius 1 is 1.00 bits per heavy atom. The van der Waals surface area contributed by atoms with Crippen LogP contribution in [0.2, 0.25) is 18.1 Å². The molecular formula is C26H38O4Si. The van der Waals surface area contributed by atoms with Gasteiger partial charge in [-0.2, -0.15) is 0 Å². The van der Waals surface area contributed by atoms with E-state index in [2.05, 4.69) is 52.9 Å². The number of rotatable bonds is 10. The van der Waals surface area contributed by atoms with Crippen molar-refractivity contribution in [1.82, 2.24) is 0 Å². The molecule has 31 heavy (non-hydrogen) atoms. The lowest BCUT2D eigenvalue weighted by molar-refractivity contribution is 0.0695. The van der Waals surface area contributed by atoms with E-state index in [1.807, 2.05) is 31.2 Å². The molecule has 0 radical (unpaired) electrons. The van der Waals surface area contributed by atoms with Crippen LogP contribution in [0.5, 0.6) is 5.75 Å². The van der Waals surface area contributed by atoms with Crippen LogP contribution in [-0.2, 0) is 17.3 Å². The van der Waals surface area contributed by atoms with E-state index in [-0.39, 0.29) is 16.7 Å². The van der Waals surface area contributed by atoms with Crippen molar-refractivity contribution in [2.75, 3.05) is 6.61 Å². The molecule has 2 rings (SSSR count). The number of carboxylic acids is 1. The van der Waals surface area contributed by atoms with Gasteiger partial charge in [0.2, 0.25) is 0 Å². The molecule has 2 aromatic rings. The highest BCUT2D eigenvalue weighted by molar-refractivity contribution is 6.74. The van der Waals surface area contributed by atoms with Gasteiger partial charge < -0.3 is 14.3 Å². The number of hydrogen-bond acceptors (Lipinski definition) is 3. The van der Waals surface area contributed by atoms with Gasteiger partial charge in [0, 0.05) is 0 Å². The molecule has 2 atom stereocenters. The standard InChI is InChI=1S/C26H38O4Si/c1-19(13-21-11-9-8-10-12-21)14-22-15-23(25(27)28)17-24(16-22)30-20(2)18-29-31(6,7)26(3,4)5/h8-12,15-17,19-20H,13-14,18H2,1-7H3,(H,27,28)/t19-,20-/m0/s1. The van der Waals surface area contributed by atoms with Crippen LogP contribution in [0.15, 0.2) is 48.5 Å². The molecule has 0 heterocycles. The molecule has 5 heteroatoms. The normalized spacial score (nSPS) is 14.2. The van der Waals surface area contributed by atoms with Gasteiger partial charge in [0.25, 0.3) is 0 Å². The second kappa shape index (κ2) is 10.5. The molecule has 0 aromatic heterocycles. The quantitative estimate of drug-likeness (QED) is 0.421. The van der Waals surface area contributed by atoms with Crippen LogP contribution < -0.4 is 4.74 Å². The lowest BCUT2D eigenvalue weighted by Gasteiger charge is -2.36. The van der Waals surface area contributed by atoms with Crippen molar-refractivity contribution in [2.24, 2.45) is 5.92 Å². The van der Waals surface area contributed by atoms with Crippen LogP contribution in [0.25, 0.3) is 0 Å². The molecule has 1 N–H and O–H groups in total. The van der Waals surface area contributed by atoms with E-state index in [1.165, 1.54) is 5.56 Å². The van der Waals surface area contributed by atoms with Gasteiger partial charge in [-0.25, -0.2) is 4.79 Å². The summed E-state index contributed by atoms with van der Waals surface area (Å²) in [6, 6.07) is 15.7. The summed E-state index contributed by atoms with van der Waals surface area (Å²) < 4.78 is 12.4. The van der Waals surface area contributed by atoms with Gasteiger partial charge in [-0.1, -0.05) is 58.0 Å². The first-order valence-electron chi connectivity index (χ1n) is 11.1. The molecule has 0 aliphatic carbocycles. The summed E-state index contributed by atoms with van der Waals surface area (Å²) in [4.78, 5) is 11.7. The highest BCUT2D eigenvalue weighted by Crippen LogP contribution is 2.36. The minimum absolute atomic E-state index is 0.137. The molecule has 4 nitrogen and oxygen atoms in total. The van der Waals surface area contributed by atoms with Crippen molar-refractivity contribution in [2.45, 2.75) is 71.7 Å². The summed E-state index contributed by atoms with van der Waals surface area (Å²) in [6.45, 7) is 15.7. The number of carboxylic acid groups (broad SMARTS) is 1. The van der Waals surface area contributed by atoms with Crippen LogP contribution in [0.1, 0.15) is 56.1 Å². The minimum atomic E-state index is -1.86. The maximum atomic E-state index is 11.7. The van der Waals surface area contributed by atoms with Gasteiger partial charge >= 0.3 is 5.97 Å². The monoisotopic (exact) mass is 442 g/mol. The lowest BCUT2D eigenvalue weighted by Crippen LogP contribution is -2.43. The molecule has 2 aromatic carbocycles. The van der Waals surface area contributed by atoms with E-state index in [9.17, 15) is 9.90 Å². The molecular weight excluding hydrogens is 404 g/mol. The highest BCUT2D eigenvalue weighted by atomic mass is 28.4. The van der Waals surface area contributed by atoms with Crippen molar-refractivity contribution >= 4 is 14.3 Å². The van der Waals surface area contributed by atoms with E-state index >= 15 is 0 Å². The van der Waals surface area contributed by atoms with Gasteiger partial charge in [0.1, 0.15) is 11.9 Å². The molecule has 0 saturated carbocycles. The fourth-order valence-electron chi connectivity index (χ4n) is 3.27. The SMILES string of the molecule is C[C@@H](Cc1ccccc1)Cc1cc(O[C@@H](C)CO[Si](C)(C)C(C)(C)C)cc(C(=O)O)c1. The third-order valence-electron chi connectivity index (χ3n) is 6.05. The summed E-state index contributed by atoms with van der Waals surface area (Å²) in [7, 11) is -1.86. The predicted octanol–water partition coefficient (Wildman–Crippen LogP) is 6.60. The molecule has 0 amide bonds. The van der Waals surface area contributed by atoms with E-state index < -0.39 is 14.3 Å². The first kappa shape index (κ1) is 25.2. The Labute approximate surface area is 188 Å². The molecule has 0 aliphatic rings. The van der Waals surface area contributed by atoms with Gasteiger partial charge in [-0.05, 0) is 73.1 Å². The molecule has 0 saturated heterocycles. The molecule has 0 spiro atoms. The number of hydrogen-bond donors (Lipinski definition) is 1.